The fourth-order valence-corrected chi connectivity index (χ4v) is 3.71. The van der Waals surface area contributed by atoms with Crippen molar-refractivity contribution in [2.24, 2.45) is 0 Å². The van der Waals surface area contributed by atoms with E-state index in [0.29, 0.717) is 0 Å². The first-order chi connectivity index (χ1) is 14.0. The molecule has 2 aromatic carbocycles. The summed E-state index contributed by atoms with van der Waals surface area (Å²) in [5.74, 6) is 1.87. The van der Waals surface area contributed by atoms with E-state index in [-0.39, 0.29) is 12.4 Å². The smallest absolute Gasteiger partial charge is 0.180 e. The first-order valence-corrected chi connectivity index (χ1v) is 10.0. The van der Waals surface area contributed by atoms with Crippen LogP contribution < -0.4 is 20.7 Å². The zero-order valence-electron chi connectivity index (χ0n) is 16.6. The number of nitrogens with zero attached hydrogens (tertiary/aromatic N) is 2. The number of anilines is 2. The van der Waals surface area contributed by atoms with Crippen LogP contribution in [0.4, 0.5) is 11.4 Å². The van der Waals surface area contributed by atoms with Crippen molar-refractivity contribution in [2.45, 2.75) is 17.3 Å². The van der Waals surface area contributed by atoms with E-state index in [9.17, 15) is 0 Å². The van der Waals surface area contributed by atoms with Crippen molar-refractivity contribution in [3.05, 3.63) is 72.1 Å². The SMILES string of the molecule is CN1C=CC=C2OC(c3ccccc3N)NC21.CN1CCOc2cc(S)ccc21. The van der Waals surface area contributed by atoms with E-state index in [1.54, 1.807) is 0 Å². The summed E-state index contributed by atoms with van der Waals surface area (Å²) >= 11 is 4.25. The molecule has 0 saturated carbocycles. The lowest BCUT2D eigenvalue weighted by molar-refractivity contribution is 0.148. The monoisotopic (exact) mass is 410 g/mol. The van der Waals surface area contributed by atoms with Gasteiger partial charge in [-0.25, -0.2) is 0 Å². The Morgan fingerprint density at radius 3 is 2.79 bits per heavy atom. The van der Waals surface area contributed by atoms with E-state index in [4.69, 9.17) is 15.2 Å². The van der Waals surface area contributed by atoms with Crippen LogP contribution in [0.15, 0.2) is 71.5 Å². The second-order valence-corrected chi connectivity index (χ2v) is 7.71. The van der Waals surface area contributed by atoms with Gasteiger partial charge in [-0.05, 0) is 36.4 Å². The van der Waals surface area contributed by atoms with E-state index >= 15 is 0 Å². The van der Waals surface area contributed by atoms with Gasteiger partial charge in [0.25, 0.3) is 0 Å². The maximum Gasteiger partial charge on any atom is 0.180 e. The summed E-state index contributed by atoms with van der Waals surface area (Å²) in [7, 11) is 4.08. The molecule has 1 saturated heterocycles. The van der Waals surface area contributed by atoms with Gasteiger partial charge >= 0.3 is 0 Å². The minimum absolute atomic E-state index is 0.101. The first kappa shape index (κ1) is 19.5. The molecule has 3 aliphatic heterocycles. The number of para-hydroxylation sites is 1. The number of hydrogen-bond donors (Lipinski definition) is 3. The molecular formula is C22H26N4O2S. The number of likely N-dealkylation sites (N-methyl/N-ethyl adjacent to an activating group) is 2. The number of fused-ring (bicyclic) bond motifs is 2. The molecule has 2 atom stereocenters. The second-order valence-electron chi connectivity index (χ2n) is 7.19. The molecule has 0 aliphatic carbocycles. The Kier molecular flexibility index (Phi) is 5.60. The minimum atomic E-state index is -0.171. The van der Waals surface area contributed by atoms with Gasteiger partial charge in [0.15, 0.2) is 6.23 Å². The molecule has 29 heavy (non-hydrogen) atoms. The van der Waals surface area contributed by atoms with Crippen molar-refractivity contribution in [3.63, 3.8) is 0 Å². The van der Waals surface area contributed by atoms with Crippen molar-refractivity contribution in [1.82, 2.24) is 10.2 Å². The van der Waals surface area contributed by atoms with Gasteiger partial charge in [-0.2, -0.15) is 0 Å². The maximum absolute atomic E-state index is 5.96. The van der Waals surface area contributed by atoms with Crippen LogP contribution in [-0.2, 0) is 4.74 Å². The molecule has 0 amide bonds. The predicted molar refractivity (Wildman–Crippen MR) is 119 cm³/mol. The molecule has 3 heterocycles. The van der Waals surface area contributed by atoms with E-state index < -0.39 is 0 Å². The van der Waals surface area contributed by atoms with E-state index in [1.165, 1.54) is 0 Å². The van der Waals surface area contributed by atoms with Gasteiger partial charge < -0.3 is 25.0 Å². The molecule has 0 radical (unpaired) electrons. The quantitative estimate of drug-likeness (QED) is 0.495. The molecule has 152 valence electrons. The number of nitrogens with one attached hydrogen (secondary N) is 1. The fraction of sp³-hybridized carbons (Fsp3) is 0.273. The summed E-state index contributed by atoms with van der Waals surface area (Å²) < 4.78 is 11.4. The molecule has 7 heteroatoms. The lowest BCUT2D eigenvalue weighted by Crippen LogP contribution is -2.38. The van der Waals surface area contributed by atoms with Crippen molar-refractivity contribution in [2.75, 3.05) is 37.9 Å². The molecule has 3 aliphatic rings. The summed E-state index contributed by atoms with van der Waals surface area (Å²) in [5, 5.41) is 3.40. The number of rotatable bonds is 1. The van der Waals surface area contributed by atoms with Gasteiger partial charge in [0.05, 0.1) is 12.2 Å². The Morgan fingerprint density at radius 1 is 1.17 bits per heavy atom. The zero-order valence-corrected chi connectivity index (χ0v) is 17.5. The molecule has 5 rings (SSSR count). The molecular weight excluding hydrogens is 384 g/mol. The number of nitrogen functional groups attached to an aromatic ring is 1. The second kappa shape index (κ2) is 8.31. The molecule has 3 N–H and O–H groups in total. The third kappa shape index (κ3) is 4.16. The zero-order chi connectivity index (χ0) is 20.4. The van der Waals surface area contributed by atoms with Crippen molar-refractivity contribution in [3.8, 4) is 5.75 Å². The summed E-state index contributed by atoms with van der Waals surface area (Å²) in [6, 6.07) is 13.7. The van der Waals surface area contributed by atoms with Crippen molar-refractivity contribution >= 4 is 24.0 Å². The first-order valence-electron chi connectivity index (χ1n) is 9.57. The van der Waals surface area contributed by atoms with E-state index in [2.05, 4.69) is 34.8 Å². The average molecular weight is 411 g/mol. The lowest BCUT2D eigenvalue weighted by atomic mass is 10.1. The highest BCUT2D eigenvalue weighted by atomic mass is 32.1. The van der Waals surface area contributed by atoms with Gasteiger partial charge in [-0.15, -0.1) is 12.6 Å². The highest BCUT2D eigenvalue weighted by Gasteiger charge is 2.34. The molecule has 0 bridgehead atoms. The summed E-state index contributed by atoms with van der Waals surface area (Å²) in [6.07, 6.45) is 5.90. The maximum atomic E-state index is 5.96. The Labute approximate surface area is 177 Å². The van der Waals surface area contributed by atoms with Gasteiger partial charge in [-0.1, -0.05) is 18.2 Å². The largest absolute Gasteiger partial charge is 0.490 e. The standard InChI is InChI=1S/C13H15N3O.C9H11NOS/c1-16-8-4-7-11-12(16)15-13(17-11)9-5-2-3-6-10(9)14;1-10-4-5-11-9-6-7(12)2-3-8(9)10/h2-8,12-13,15H,14H2,1H3;2-3,6,12H,4-5H2,1H3. The molecule has 1 fully saturated rings. The van der Waals surface area contributed by atoms with Crippen LogP contribution in [0.5, 0.6) is 5.75 Å². The van der Waals surface area contributed by atoms with Gasteiger partial charge in [0, 0.05) is 36.4 Å². The average Bonchev–Trinajstić information content (AvgIpc) is 3.14. The number of hydrogen-bond acceptors (Lipinski definition) is 7. The van der Waals surface area contributed by atoms with E-state index in [1.807, 2.05) is 67.9 Å². The van der Waals surface area contributed by atoms with Crippen LogP contribution in [0.1, 0.15) is 11.8 Å². The highest BCUT2D eigenvalue weighted by Crippen LogP contribution is 2.33. The van der Waals surface area contributed by atoms with Crippen LogP contribution in [0.2, 0.25) is 0 Å². The Bertz CT molecular complexity index is 946. The number of nitrogens with two attached hydrogens (primary N) is 1. The van der Waals surface area contributed by atoms with Crippen LogP contribution in [0.3, 0.4) is 0 Å². The fourth-order valence-electron chi connectivity index (χ4n) is 3.52. The summed E-state index contributed by atoms with van der Waals surface area (Å²) in [6.45, 7) is 1.72. The van der Waals surface area contributed by atoms with Gasteiger partial charge in [-0.3, -0.25) is 5.32 Å². The number of thiol groups is 1. The Balaban J connectivity index is 0.000000150. The summed E-state index contributed by atoms with van der Waals surface area (Å²) in [4.78, 5) is 5.21. The van der Waals surface area contributed by atoms with Gasteiger partial charge in [0.2, 0.25) is 0 Å². The van der Waals surface area contributed by atoms with Crippen LogP contribution in [-0.4, -0.2) is 38.3 Å². The third-order valence-electron chi connectivity index (χ3n) is 5.14. The predicted octanol–water partition coefficient (Wildman–Crippen LogP) is 3.36. The molecule has 0 aromatic heterocycles. The number of benzene rings is 2. The normalized spacial score (nSPS) is 21.8. The van der Waals surface area contributed by atoms with Crippen LogP contribution >= 0.6 is 12.6 Å². The van der Waals surface area contributed by atoms with Crippen molar-refractivity contribution < 1.29 is 9.47 Å². The summed E-state index contributed by atoms with van der Waals surface area (Å²) in [5.41, 5.74) is 8.84. The molecule has 2 aromatic rings. The van der Waals surface area contributed by atoms with Gasteiger partial charge in [0.1, 0.15) is 24.3 Å². The van der Waals surface area contributed by atoms with Crippen LogP contribution in [0.25, 0.3) is 0 Å². The molecule has 2 unspecified atom stereocenters. The Morgan fingerprint density at radius 2 is 2.00 bits per heavy atom. The Hall–Kier alpha value is -2.77. The number of ether oxygens (including phenoxy) is 2. The molecule has 0 spiro atoms. The van der Waals surface area contributed by atoms with E-state index in [0.717, 1.165) is 46.5 Å². The highest BCUT2D eigenvalue weighted by molar-refractivity contribution is 7.80. The van der Waals surface area contributed by atoms with Crippen molar-refractivity contribution in [1.29, 1.82) is 0 Å². The number of allylic oxidation sites excluding steroid dienone is 2. The topological polar surface area (TPSA) is 63.0 Å². The lowest BCUT2D eigenvalue weighted by Gasteiger charge is -2.27. The minimum Gasteiger partial charge on any atom is -0.490 e. The van der Waals surface area contributed by atoms with Crippen LogP contribution in [0, 0.1) is 0 Å². The third-order valence-corrected chi connectivity index (χ3v) is 5.42. The molecule has 6 nitrogen and oxygen atoms in total.